The highest BCUT2D eigenvalue weighted by molar-refractivity contribution is 5.85. The molecule has 0 radical (unpaired) electrons. The number of rotatable bonds is 4. The molecule has 19 heavy (non-hydrogen) atoms. The minimum atomic E-state index is -0.319. The van der Waals surface area contributed by atoms with Crippen LogP contribution in [0.25, 0.3) is 0 Å². The SMILES string of the molecule is CC(C)(C)NC(=O)CCNC(=O)C1(C)CCNC1.Cl. The van der Waals surface area contributed by atoms with Crippen molar-refractivity contribution in [2.45, 2.75) is 46.1 Å². The van der Waals surface area contributed by atoms with E-state index in [2.05, 4.69) is 16.0 Å². The van der Waals surface area contributed by atoms with Crippen LogP contribution < -0.4 is 16.0 Å². The van der Waals surface area contributed by atoms with Crippen molar-refractivity contribution in [2.24, 2.45) is 5.41 Å². The fourth-order valence-corrected chi connectivity index (χ4v) is 1.99. The van der Waals surface area contributed by atoms with Crippen LogP contribution in [0.3, 0.4) is 0 Å². The fraction of sp³-hybridized carbons (Fsp3) is 0.846. The van der Waals surface area contributed by atoms with Crippen molar-refractivity contribution in [3.63, 3.8) is 0 Å². The van der Waals surface area contributed by atoms with Crippen molar-refractivity contribution in [2.75, 3.05) is 19.6 Å². The Morgan fingerprint density at radius 1 is 1.32 bits per heavy atom. The summed E-state index contributed by atoms with van der Waals surface area (Å²) >= 11 is 0. The third kappa shape index (κ3) is 6.25. The number of carbonyl (C=O) groups is 2. The lowest BCUT2D eigenvalue weighted by Gasteiger charge is -2.22. The van der Waals surface area contributed by atoms with Gasteiger partial charge in [0.05, 0.1) is 5.41 Å². The average Bonchev–Trinajstić information content (AvgIpc) is 2.63. The van der Waals surface area contributed by atoms with Gasteiger partial charge in [-0.05, 0) is 40.7 Å². The van der Waals surface area contributed by atoms with Crippen LogP contribution in [0.15, 0.2) is 0 Å². The number of hydrogen-bond donors (Lipinski definition) is 3. The van der Waals surface area contributed by atoms with Gasteiger partial charge in [-0.1, -0.05) is 0 Å². The highest BCUT2D eigenvalue weighted by atomic mass is 35.5. The van der Waals surface area contributed by atoms with Gasteiger partial charge in [-0.15, -0.1) is 12.4 Å². The first-order chi connectivity index (χ1) is 8.23. The van der Waals surface area contributed by atoms with E-state index in [0.29, 0.717) is 19.5 Å². The van der Waals surface area contributed by atoms with Crippen LogP contribution >= 0.6 is 12.4 Å². The van der Waals surface area contributed by atoms with E-state index in [9.17, 15) is 9.59 Å². The highest BCUT2D eigenvalue weighted by Gasteiger charge is 2.35. The molecule has 1 aliphatic rings. The van der Waals surface area contributed by atoms with Crippen molar-refractivity contribution in [1.82, 2.24) is 16.0 Å². The second kappa shape index (κ2) is 7.10. The summed E-state index contributed by atoms with van der Waals surface area (Å²) in [5.41, 5.74) is -0.539. The Morgan fingerprint density at radius 2 is 1.95 bits per heavy atom. The zero-order chi connectivity index (χ0) is 13.8. The van der Waals surface area contributed by atoms with Gasteiger partial charge in [0, 0.05) is 25.0 Å². The zero-order valence-corrected chi connectivity index (χ0v) is 13.1. The van der Waals surface area contributed by atoms with E-state index in [1.807, 2.05) is 27.7 Å². The van der Waals surface area contributed by atoms with Crippen LogP contribution in [0.4, 0.5) is 0 Å². The van der Waals surface area contributed by atoms with Crippen LogP contribution in [0.5, 0.6) is 0 Å². The molecule has 1 fully saturated rings. The summed E-state index contributed by atoms with van der Waals surface area (Å²) in [5.74, 6) is 0.00792. The van der Waals surface area contributed by atoms with E-state index in [-0.39, 0.29) is 35.2 Å². The first-order valence-corrected chi connectivity index (χ1v) is 6.53. The maximum Gasteiger partial charge on any atom is 0.227 e. The first-order valence-electron chi connectivity index (χ1n) is 6.53. The second-order valence-electron chi connectivity index (χ2n) is 6.29. The van der Waals surface area contributed by atoms with Gasteiger partial charge >= 0.3 is 0 Å². The molecule has 1 atom stereocenters. The summed E-state index contributed by atoms with van der Waals surface area (Å²) < 4.78 is 0. The molecular formula is C13H26ClN3O2. The summed E-state index contributed by atoms with van der Waals surface area (Å²) in [6.45, 7) is 9.77. The molecule has 0 spiro atoms. The van der Waals surface area contributed by atoms with E-state index in [4.69, 9.17) is 0 Å². The molecule has 0 bridgehead atoms. The van der Waals surface area contributed by atoms with Gasteiger partial charge in [0.15, 0.2) is 0 Å². The van der Waals surface area contributed by atoms with Gasteiger partial charge in [0.2, 0.25) is 11.8 Å². The number of nitrogens with one attached hydrogen (secondary N) is 3. The third-order valence-corrected chi connectivity index (χ3v) is 3.07. The molecule has 0 aromatic rings. The lowest BCUT2D eigenvalue weighted by atomic mass is 9.89. The molecule has 5 nitrogen and oxygen atoms in total. The van der Waals surface area contributed by atoms with Crippen LogP contribution in [0, 0.1) is 5.41 Å². The van der Waals surface area contributed by atoms with Gasteiger partial charge in [0.25, 0.3) is 0 Å². The first kappa shape index (κ1) is 18.2. The van der Waals surface area contributed by atoms with Crippen molar-refractivity contribution in [3.8, 4) is 0 Å². The Hall–Kier alpha value is -0.810. The highest BCUT2D eigenvalue weighted by Crippen LogP contribution is 2.24. The molecular weight excluding hydrogens is 266 g/mol. The molecule has 1 heterocycles. The van der Waals surface area contributed by atoms with Crippen molar-refractivity contribution >= 4 is 24.2 Å². The molecule has 2 amide bonds. The van der Waals surface area contributed by atoms with E-state index in [0.717, 1.165) is 13.0 Å². The zero-order valence-electron chi connectivity index (χ0n) is 12.3. The topological polar surface area (TPSA) is 70.2 Å². The van der Waals surface area contributed by atoms with Gasteiger partial charge < -0.3 is 16.0 Å². The minimum Gasteiger partial charge on any atom is -0.355 e. The van der Waals surface area contributed by atoms with Crippen molar-refractivity contribution < 1.29 is 9.59 Å². The standard InChI is InChI=1S/C13H25N3O2.ClH/c1-12(2,3)16-10(17)5-7-15-11(18)13(4)6-8-14-9-13;/h14H,5-9H2,1-4H3,(H,15,18)(H,16,17);1H. The predicted molar refractivity (Wildman–Crippen MR) is 78.4 cm³/mol. The lowest BCUT2D eigenvalue weighted by molar-refractivity contribution is -0.129. The number of hydrogen-bond acceptors (Lipinski definition) is 3. The van der Waals surface area contributed by atoms with Gasteiger partial charge in [0.1, 0.15) is 0 Å². The lowest BCUT2D eigenvalue weighted by Crippen LogP contribution is -2.44. The molecule has 3 N–H and O–H groups in total. The largest absolute Gasteiger partial charge is 0.355 e. The van der Waals surface area contributed by atoms with Crippen LogP contribution in [0.1, 0.15) is 40.5 Å². The maximum atomic E-state index is 12.0. The van der Waals surface area contributed by atoms with Crippen LogP contribution in [-0.2, 0) is 9.59 Å². The molecule has 6 heteroatoms. The van der Waals surface area contributed by atoms with Crippen molar-refractivity contribution in [3.05, 3.63) is 0 Å². The average molecular weight is 292 g/mol. The molecule has 1 unspecified atom stereocenters. The molecule has 1 saturated heterocycles. The summed E-state index contributed by atoms with van der Waals surface area (Å²) in [6, 6.07) is 0. The molecule has 0 aromatic carbocycles. The Balaban J connectivity index is 0.00000324. The second-order valence-corrected chi connectivity index (χ2v) is 6.29. The number of halogens is 1. The van der Waals surface area contributed by atoms with E-state index < -0.39 is 0 Å². The Kier molecular flexibility index (Phi) is 6.80. The third-order valence-electron chi connectivity index (χ3n) is 3.07. The Morgan fingerprint density at radius 3 is 2.42 bits per heavy atom. The summed E-state index contributed by atoms with van der Waals surface area (Å²) in [6.07, 6.45) is 1.18. The van der Waals surface area contributed by atoms with Crippen molar-refractivity contribution in [1.29, 1.82) is 0 Å². The quantitative estimate of drug-likeness (QED) is 0.718. The van der Waals surface area contributed by atoms with E-state index in [1.165, 1.54) is 0 Å². The van der Waals surface area contributed by atoms with Gasteiger partial charge in [-0.25, -0.2) is 0 Å². The van der Waals surface area contributed by atoms with Gasteiger partial charge in [-0.2, -0.15) is 0 Å². The molecule has 0 saturated carbocycles. The summed E-state index contributed by atoms with van der Waals surface area (Å²) in [5, 5.41) is 8.90. The summed E-state index contributed by atoms with van der Waals surface area (Å²) in [7, 11) is 0. The number of amides is 2. The number of carbonyl (C=O) groups excluding carboxylic acids is 2. The van der Waals surface area contributed by atoms with Crippen LogP contribution in [0.2, 0.25) is 0 Å². The fourth-order valence-electron chi connectivity index (χ4n) is 1.99. The van der Waals surface area contributed by atoms with E-state index >= 15 is 0 Å². The van der Waals surface area contributed by atoms with E-state index in [1.54, 1.807) is 0 Å². The monoisotopic (exact) mass is 291 g/mol. The molecule has 0 aliphatic carbocycles. The normalized spacial score (nSPS) is 22.5. The molecule has 112 valence electrons. The smallest absolute Gasteiger partial charge is 0.227 e. The van der Waals surface area contributed by atoms with Gasteiger partial charge in [-0.3, -0.25) is 9.59 Å². The Bertz CT molecular complexity index is 320. The predicted octanol–water partition coefficient (Wildman–Crippen LogP) is 0.829. The molecule has 0 aromatic heterocycles. The minimum absolute atomic E-state index is 0. The Labute approximate surface area is 121 Å². The summed E-state index contributed by atoms with van der Waals surface area (Å²) in [4.78, 5) is 23.5. The van der Waals surface area contributed by atoms with Crippen LogP contribution in [-0.4, -0.2) is 37.0 Å². The maximum absolute atomic E-state index is 12.0. The molecule has 1 aliphatic heterocycles. The molecule has 1 rings (SSSR count).